The zero-order valence-corrected chi connectivity index (χ0v) is 12.4. The molecule has 1 aromatic heterocycles. The van der Waals surface area contributed by atoms with Crippen LogP contribution in [0.3, 0.4) is 0 Å². The van der Waals surface area contributed by atoms with Crippen LogP contribution in [-0.4, -0.2) is 34.1 Å². The molecule has 19 heavy (non-hydrogen) atoms. The molecule has 3 rings (SSSR count). The number of likely N-dealkylation sites (tertiary alicyclic amines) is 1. The smallest absolute Gasteiger partial charge is 0.109 e. The van der Waals surface area contributed by atoms with Crippen molar-refractivity contribution < 1.29 is 0 Å². The van der Waals surface area contributed by atoms with Gasteiger partial charge < -0.3 is 9.47 Å². The molecule has 1 unspecified atom stereocenters. The molecular formula is C16H27N3. The van der Waals surface area contributed by atoms with E-state index in [-0.39, 0.29) is 0 Å². The Morgan fingerprint density at radius 3 is 2.74 bits per heavy atom. The number of aryl methyl sites for hydroxylation is 1. The molecule has 1 fully saturated rings. The summed E-state index contributed by atoms with van der Waals surface area (Å²) < 4.78 is 2.40. The van der Waals surface area contributed by atoms with Crippen molar-refractivity contribution in [3.8, 4) is 0 Å². The lowest BCUT2D eigenvalue weighted by molar-refractivity contribution is 0.191. The van der Waals surface area contributed by atoms with Crippen molar-refractivity contribution in [3.63, 3.8) is 0 Å². The quantitative estimate of drug-likeness (QED) is 0.834. The molecule has 0 N–H and O–H groups in total. The van der Waals surface area contributed by atoms with Gasteiger partial charge in [0.15, 0.2) is 0 Å². The van der Waals surface area contributed by atoms with E-state index in [2.05, 4.69) is 29.5 Å². The fourth-order valence-electron chi connectivity index (χ4n) is 3.54. The third kappa shape index (κ3) is 3.02. The number of aromatic nitrogens is 2. The van der Waals surface area contributed by atoms with Gasteiger partial charge in [-0.2, -0.15) is 0 Å². The summed E-state index contributed by atoms with van der Waals surface area (Å²) in [6.07, 6.45) is 8.73. The maximum absolute atomic E-state index is 4.88. The molecule has 0 aromatic carbocycles. The Labute approximate surface area is 117 Å². The van der Waals surface area contributed by atoms with E-state index in [0.29, 0.717) is 0 Å². The van der Waals surface area contributed by atoms with Gasteiger partial charge in [-0.15, -0.1) is 0 Å². The minimum absolute atomic E-state index is 0.815. The van der Waals surface area contributed by atoms with E-state index in [1.807, 2.05) is 0 Å². The Morgan fingerprint density at radius 2 is 2.00 bits per heavy atom. The van der Waals surface area contributed by atoms with Crippen molar-refractivity contribution in [2.24, 2.45) is 11.8 Å². The standard InChI is InChI=1S/C16H27N3/c1-3-18-7-5-14(6-8-18)11-15-12-19-9-4-13(2)10-16(19)17-15/h12-14H,3-11H2,1-2H3. The van der Waals surface area contributed by atoms with Gasteiger partial charge >= 0.3 is 0 Å². The average Bonchev–Trinajstić information content (AvgIpc) is 2.81. The number of nitrogens with zero attached hydrogens (tertiary/aromatic N) is 3. The summed E-state index contributed by atoms with van der Waals surface area (Å²) in [7, 11) is 0. The molecule has 0 bridgehead atoms. The summed E-state index contributed by atoms with van der Waals surface area (Å²) in [6, 6.07) is 0. The zero-order valence-electron chi connectivity index (χ0n) is 12.4. The van der Waals surface area contributed by atoms with E-state index in [1.165, 1.54) is 69.8 Å². The van der Waals surface area contributed by atoms with Gasteiger partial charge in [0, 0.05) is 19.2 Å². The molecule has 1 aromatic rings. The molecular weight excluding hydrogens is 234 g/mol. The highest BCUT2D eigenvalue weighted by molar-refractivity contribution is 5.08. The van der Waals surface area contributed by atoms with Crippen molar-refractivity contribution >= 4 is 0 Å². The molecule has 3 heterocycles. The van der Waals surface area contributed by atoms with Crippen LogP contribution in [0.5, 0.6) is 0 Å². The number of piperidine rings is 1. The van der Waals surface area contributed by atoms with E-state index in [9.17, 15) is 0 Å². The Balaban J connectivity index is 1.59. The van der Waals surface area contributed by atoms with Crippen LogP contribution in [0.25, 0.3) is 0 Å². The fourth-order valence-corrected chi connectivity index (χ4v) is 3.54. The Morgan fingerprint density at radius 1 is 1.21 bits per heavy atom. The van der Waals surface area contributed by atoms with E-state index < -0.39 is 0 Å². The summed E-state index contributed by atoms with van der Waals surface area (Å²) in [5.74, 6) is 3.01. The number of hydrogen-bond acceptors (Lipinski definition) is 2. The highest BCUT2D eigenvalue weighted by Gasteiger charge is 2.21. The highest BCUT2D eigenvalue weighted by Crippen LogP contribution is 2.24. The lowest BCUT2D eigenvalue weighted by Gasteiger charge is -2.30. The predicted molar refractivity (Wildman–Crippen MR) is 78.3 cm³/mol. The monoisotopic (exact) mass is 261 g/mol. The first-order valence-corrected chi connectivity index (χ1v) is 8.02. The van der Waals surface area contributed by atoms with E-state index in [4.69, 9.17) is 4.98 Å². The van der Waals surface area contributed by atoms with Crippen LogP contribution >= 0.6 is 0 Å². The normalized spacial score (nSPS) is 25.5. The van der Waals surface area contributed by atoms with Gasteiger partial charge in [0.1, 0.15) is 5.82 Å². The van der Waals surface area contributed by atoms with Gasteiger partial charge in [-0.3, -0.25) is 0 Å². The summed E-state index contributed by atoms with van der Waals surface area (Å²) in [6.45, 7) is 9.57. The molecule has 2 aliphatic rings. The molecule has 1 atom stereocenters. The fraction of sp³-hybridized carbons (Fsp3) is 0.812. The highest BCUT2D eigenvalue weighted by atomic mass is 15.1. The van der Waals surface area contributed by atoms with Crippen LogP contribution in [0.1, 0.15) is 44.6 Å². The molecule has 3 nitrogen and oxygen atoms in total. The average molecular weight is 261 g/mol. The topological polar surface area (TPSA) is 21.1 Å². The second-order valence-corrected chi connectivity index (χ2v) is 6.52. The Hall–Kier alpha value is -0.830. The SMILES string of the molecule is CCN1CCC(Cc2cn3c(n2)CC(C)CC3)CC1. The summed E-state index contributed by atoms with van der Waals surface area (Å²) in [4.78, 5) is 7.45. The van der Waals surface area contributed by atoms with Gasteiger partial charge in [0.25, 0.3) is 0 Å². The van der Waals surface area contributed by atoms with Crippen molar-refractivity contribution in [3.05, 3.63) is 17.7 Å². The van der Waals surface area contributed by atoms with Gasteiger partial charge in [0.05, 0.1) is 5.69 Å². The van der Waals surface area contributed by atoms with Gasteiger partial charge in [-0.25, -0.2) is 4.98 Å². The number of rotatable bonds is 3. The number of hydrogen-bond donors (Lipinski definition) is 0. The maximum Gasteiger partial charge on any atom is 0.109 e. The van der Waals surface area contributed by atoms with Crippen LogP contribution in [0.4, 0.5) is 0 Å². The van der Waals surface area contributed by atoms with Gasteiger partial charge in [0.2, 0.25) is 0 Å². The van der Waals surface area contributed by atoms with Crippen LogP contribution in [0.2, 0.25) is 0 Å². The van der Waals surface area contributed by atoms with E-state index >= 15 is 0 Å². The predicted octanol–water partition coefficient (Wildman–Crippen LogP) is 2.74. The molecule has 0 aliphatic carbocycles. The molecule has 106 valence electrons. The summed E-state index contributed by atoms with van der Waals surface area (Å²) in [5.41, 5.74) is 1.35. The lowest BCUT2D eigenvalue weighted by atomic mass is 9.92. The van der Waals surface area contributed by atoms with Gasteiger partial charge in [-0.05, 0) is 57.2 Å². The van der Waals surface area contributed by atoms with E-state index in [0.717, 1.165) is 11.8 Å². The second kappa shape index (κ2) is 5.66. The van der Waals surface area contributed by atoms with Crippen molar-refractivity contribution in [1.29, 1.82) is 0 Å². The van der Waals surface area contributed by atoms with Crippen LogP contribution in [0.15, 0.2) is 6.20 Å². The first kappa shape index (κ1) is 13.2. The first-order chi connectivity index (χ1) is 9.24. The lowest BCUT2D eigenvalue weighted by Crippen LogP contribution is -2.34. The summed E-state index contributed by atoms with van der Waals surface area (Å²) in [5, 5.41) is 0. The molecule has 1 saturated heterocycles. The van der Waals surface area contributed by atoms with Gasteiger partial charge in [-0.1, -0.05) is 13.8 Å². The largest absolute Gasteiger partial charge is 0.335 e. The molecule has 0 amide bonds. The van der Waals surface area contributed by atoms with Crippen molar-refractivity contribution in [2.75, 3.05) is 19.6 Å². The Kier molecular flexibility index (Phi) is 3.92. The van der Waals surface area contributed by atoms with Crippen molar-refractivity contribution in [2.45, 2.75) is 52.5 Å². The number of fused-ring (bicyclic) bond motifs is 1. The molecule has 3 heteroatoms. The Bertz CT molecular complexity index is 416. The molecule has 2 aliphatic heterocycles. The minimum Gasteiger partial charge on any atom is -0.335 e. The molecule has 0 radical (unpaired) electrons. The second-order valence-electron chi connectivity index (χ2n) is 6.52. The zero-order chi connectivity index (χ0) is 13.2. The third-order valence-corrected chi connectivity index (χ3v) is 4.96. The molecule has 0 saturated carbocycles. The summed E-state index contributed by atoms with van der Waals surface area (Å²) >= 11 is 0. The minimum atomic E-state index is 0.815. The van der Waals surface area contributed by atoms with Crippen LogP contribution < -0.4 is 0 Å². The van der Waals surface area contributed by atoms with Crippen LogP contribution in [0, 0.1) is 11.8 Å². The van der Waals surface area contributed by atoms with Crippen LogP contribution in [-0.2, 0) is 19.4 Å². The first-order valence-electron chi connectivity index (χ1n) is 8.02. The van der Waals surface area contributed by atoms with E-state index in [1.54, 1.807) is 0 Å². The van der Waals surface area contributed by atoms with Crippen molar-refractivity contribution in [1.82, 2.24) is 14.5 Å². The molecule has 0 spiro atoms. The maximum atomic E-state index is 4.88. The third-order valence-electron chi connectivity index (χ3n) is 4.96. The number of imidazole rings is 1.